The van der Waals surface area contributed by atoms with Gasteiger partial charge in [0.2, 0.25) is 0 Å². The Morgan fingerprint density at radius 1 is 1.07 bits per heavy atom. The van der Waals surface area contributed by atoms with E-state index in [0.717, 1.165) is 23.7 Å². The predicted octanol–water partition coefficient (Wildman–Crippen LogP) is 5.28. The second-order valence-corrected chi connectivity index (χ2v) is 6.13. The van der Waals surface area contributed by atoms with Crippen molar-refractivity contribution in [1.29, 1.82) is 0 Å². The Labute approximate surface area is 96.8 Å². The van der Waals surface area contributed by atoms with Gasteiger partial charge in [0.05, 0.1) is 0 Å². The van der Waals surface area contributed by atoms with E-state index in [2.05, 4.69) is 27.7 Å². The van der Waals surface area contributed by atoms with Gasteiger partial charge in [-0.05, 0) is 42.9 Å². The van der Waals surface area contributed by atoms with Crippen molar-refractivity contribution in [3.05, 3.63) is 0 Å². The standard InChI is InChI=1S/C15H30/c1-5-6-13(3)11-14(4)15-9-7-12(2)8-10-15/h12-15H,5-11H2,1-4H3. The zero-order valence-electron chi connectivity index (χ0n) is 11.3. The minimum atomic E-state index is 0.948. The lowest BCUT2D eigenvalue weighted by Crippen LogP contribution is -2.20. The maximum atomic E-state index is 2.49. The molecule has 0 aromatic heterocycles. The average Bonchev–Trinajstić information content (AvgIpc) is 2.18. The summed E-state index contributed by atoms with van der Waals surface area (Å²) >= 11 is 0. The summed E-state index contributed by atoms with van der Waals surface area (Å²) < 4.78 is 0. The van der Waals surface area contributed by atoms with E-state index < -0.39 is 0 Å². The van der Waals surface area contributed by atoms with Gasteiger partial charge < -0.3 is 0 Å². The maximum Gasteiger partial charge on any atom is -0.0388 e. The van der Waals surface area contributed by atoms with Gasteiger partial charge in [0.1, 0.15) is 0 Å². The highest BCUT2D eigenvalue weighted by Crippen LogP contribution is 2.36. The zero-order valence-corrected chi connectivity index (χ0v) is 11.3. The summed E-state index contributed by atoms with van der Waals surface area (Å²) in [4.78, 5) is 0. The van der Waals surface area contributed by atoms with Crippen LogP contribution in [0.15, 0.2) is 0 Å². The van der Waals surface area contributed by atoms with Crippen molar-refractivity contribution in [2.24, 2.45) is 23.7 Å². The third kappa shape index (κ3) is 4.57. The monoisotopic (exact) mass is 210 g/mol. The summed E-state index contributed by atoms with van der Waals surface area (Å²) in [6.07, 6.45) is 10.2. The fraction of sp³-hybridized carbons (Fsp3) is 1.00. The molecule has 0 spiro atoms. The smallest absolute Gasteiger partial charge is 0.0388 e. The molecule has 0 aromatic carbocycles. The van der Waals surface area contributed by atoms with Crippen molar-refractivity contribution in [3.8, 4) is 0 Å². The fourth-order valence-electron chi connectivity index (χ4n) is 3.29. The van der Waals surface area contributed by atoms with E-state index in [1.165, 1.54) is 44.9 Å². The van der Waals surface area contributed by atoms with Crippen LogP contribution in [0, 0.1) is 23.7 Å². The molecule has 1 fully saturated rings. The molecule has 1 aliphatic carbocycles. The topological polar surface area (TPSA) is 0 Å². The van der Waals surface area contributed by atoms with Crippen LogP contribution in [0.3, 0.4) is 0 Å². The third-order valence-corrected chi connectivity index (χ3v) is 4.42. The summed E-state index contributed by atoms with van der Waals surface area (Å²) in [6.45, 7) is 9.66. The van der Waals surface area contributed by atoms with E-state index in [9.17, 15) is 0 Å². The lowest BCUT2D eigenvalue weighted by molar-refractivity contribution is 0.197. The molecule has 0 heterocycles. The Bertz CT molecular complexity index is 153. The van der Waals surface area contributed by atoms with Gasteiger partial charge in [-0.25, -0.2) is 0 Å². The molecular weight excluding hydrogens is 180 g/mol. The van der Waals surface area contributed by atoms with E-state index in [1.54, 1.807) is 0 Å². The second-order valence-electron chi connectivity index (χ2n) is 6.13. The molecule has 0 nitrogen and oxygen atoms in total. The Hall–Kier alpha value is 0. The molecule has 1 saturated carbocycles. The lowest BCUT2D eigenvalue weighted by atomic mass is 9.74. The van der Waals surface area contributed by atoms with Crippen LogP contribution in [0.25, 0.3) is 0 Å². The lowest BCUT2D eigenvalue weighted by Gasteiger charge is -2.32. The predicted molar refractivity (Wildman–Crippen MR) is 69.0 cm³/mol. The number of rotatable bonds is 5. The van der Waals surface area contributed by atoms with Crippen LogP contribution in [0.5, 0.6) is 0 Å². The molecule has 2 unspecified atom stereocenters. The van der Waals surface area contributed by atoms with Crippen molar-refractivity contribution in [1.82, 2.24) is 0 Å². The molecule has 0 saturated heterocycles. The molecule has 1 rings (SSSR count). The van der Waals surface area contributed by atoms with Gasteiger partial charge in [-0.1, -0.05) is 53.4 Å². The summed E-state index contributed by atoms with van der Waals surface area (Å²) in [5.41, 5.74) is 0. The van der Waals surface area contributed by atoms with Gasteiger partial charge in [0.15, 0.2) is 0 Å². The normalized spacial score (nSPS) is 31.2. The molecule has 0 aromatic rings. The maximum absolute atomic E-state index is 2.49. The number of hydrogen-bond acceptors (Lipinski definition) is 0. The van der Waals surface area contributed by atoms with Crippen LogP contribution in [-0.4, -0.2) is 0 Å². The van der Waals surface area contributed by atoms with Gasteiger partial charge in [0.25, 0.3) is 0 Å². The third-order valence-electron chi connectivity index (χ3n) is 4.42. The van der Waals surface area contributed by atoms with Gasteiger partial charge in [-0.15, -0.1) is 0 Å². The quantitative estimate of drug-likeness (QED) is 0.579. The minimum absolute atomic E-state index is 0.948. The van der Waals surface area contributed by atoms with E-state index in [-0.39, 0.29) is 0 Å². The average molecular weight is 210 g/mol. The Morgan fingerprint density at radius 2 is 1.67 bits per heavy atom. The van der Waals surface area contributed by atoms with Crippen LogP contribution >= 0.6 is 0 Å². The molecule has 0 bridgehead atoms. The van der Waals surface area contributed by atoms with Gasteiger partial charge in [-0.3, -0.25) is 0 Å². The largest absolute Gasteiger partial charge is 0.0654 e. The van der Waals surface area contributed by atoms with Crippen LogP contribution in [0.4, 0.5) is 0 Å². The first kappa shape index (κ1) is 13.1. The molecule has 0 N–H and O–H groups in total. The SMILES string of the molecule is CCCC(C)CC(C)C1CCC(C)CC1. The Morgan fingerprint density at radius 3 is 2.20 bits per heavy atom. The molecule has 1 aliphatic rings. The van der Waals surface area contributed by atoms with Crippen LogP contribution in [-0.2, 0) is 0 Å². The van der Waals surface area contributed by atoms with E-state index in [0.29, 0.717) is 0 Å². The van der Waals surface area contributed by atoms with Crippen LogP contribution in [0.2, 0.25) is 0 Å². The molecule has 90 valence electrons. The van der Waals surface area contributed by atoms with Gasteiger partial charge >= 0.3 is 0 Å². The fourth-order valence-corrected chi connectivity index (χ4v) is 3.29. The highest BCUT2D eigenvalue weighted by Gasteiger charge is 2.23. The Kier molecular flexibility index (Phi) is 5.71. The molecule has 15 heavy (non-hydrogen) atoms. The molecule has 2 atom stereocenters. The molecule has 0 amide bonds. The van der Waals surface area contributed by atoms with Crippen molar-refractivity contribution in [2.75, 3.05) is 0 Å². The van der Waals surface area contributed by atoms with Crippen LogP contribution in [0.1, 0.15) is 72.6 Å². The van der Waals surface area contributed by atoms with Crippen molar-refractivity contribution >= 4 is 0 Å². The first-order valence-corrected chi connectivity index (χ1v) is 7.13. The van der Waals surface area contributed by atoms with E-state index in [4.69, 9.17) is 0 Å². The second kappa shape index (κ2) is 6.55. The van der Waals surface area contributed by atoms with Gasteiger partial charge in [-0.2, -0.15) is 0 Å². The highest BCUT2D eigenvalue weighted by molar-refractivity contribution is 4.75. The number of hydrogen-bond donors (Lipinski definition) is 0. The van der Waals surface area contributed by atoms with Crippen LogP contribution < -0.4 is 0 Å². The van der Waals surface area contributed by atoms with E-state index in [1.807, 2.05) is 0 Å². The minimum Gasteiger partial charge on any atom is -0.0654 e. The summed E-state index contributed by atoms with van der Waals surface area (Å²) in [5, 5.41) is 0. The van der Waals surface area contributed by atoms with Crippen molar-refractivity contribution in [3.63, 3.8) is 0 Å². The summed E-state index contributed by atoms with van der Waals surface area (Å²) in [6, 6.07) is 0. The molecule has 0 radical (unpaired) electrons. The first-order chi connectivity index (χ1) is 7.13. The summed E-state index contributed by atoms with van der Waals surface area (Å²) in [7, 11) is 0. The van der Waals surface area contributed by atoms with Crippen molar-refractivity contribution < 1.29 is 0 Å². The first-order valence-electron chi connectivity index (χ1n) is 7.13. The molecule has 0 heteroatoms. The van der Waals surface area contributed by atoms with Gasteiger partial charge in [0, 0.05) is 0 Å². The highest BCUT2D eigenvalue weighted by atomic mass is 14.3. The summed E-state index contributed by atoms with van der Waals surface area (Å²) in [5.74, 6) is 3.96. The van der Waals surface area contributed by atoms with E-state index >= 15 is 0 Å². The molecular formula is C15H30. The molecule has 0 aliphatic heterocycles. The Balaban J connectivity index is 2.24. The zero-order chi connectivity index (χ0) is 11.3. The van der Waals surface area contributed by atoms with Crippen molar-refractivity contribution in [2.45, 2.75) is 72.6 Å².